The molecule has 1 rings (SSSR count). The van der Waals surface area contributed by atoms with E-state index in [0.717, 1.165) is 13.2 Å². The molecular weight excluding hydrogens is 480 g/mol. The van der Waals surface area contributed by atoms with Crippen molar-refractivity contribution >= 4 is 0 Å². The molecule has 4 atom stereocenters. The molecule has 0 amide bonds. The van der Waals surface area contributed by atoms with Crippen molar-refractivity contribution < 1.29 is 14.2 Å². The fraction of sp³-hybridized carbons (Fsp3) is 1.00. The van der Waals surface area contributed by atoms with E-state index in [2.05, 4.69) is 27.7 Å². The highest BCUT2D eigenvalue weighted by Gasteiger charge is 2.31. The van der Waals surface area contributed by atoms with Crippen LogP contribution in [0.2, 0.25) is 0 Å². The Kier molecular flexibility index (Phi) is 26.5. The molecule has 3 heteroatoms. The SMILES string of the molecule is CCCCCCCCC(CCCCCC)CO[C@H]1COC[C@H]1OC[C@H](CCCCCC)CCCCCCCC. The number of ether oxygens (including phenoxy) is 3. The van der Waals surface area contributed by atoms with E-state index in [1.165, 1.54) is 154 Å². The third kappa shape index (κ3) is 21.3. The first-order valence-corrected chi connectivity index (χ1v) is 18.1. The van der Waals surface area contributed by atoms with Gasteiger partial charge in [0, 0.05) is 0 Å². The molecule has 0 aromatic carbocycles. The van der Waals surface area contributed by atoms with Crippen molar-refractivity contribution in [3.8, 4) is 0 Å². The summed E-state index contributed by atoms with van der Waals surface area (Å²) in [5.74, 6) is 1.40. The van der Waals surface area contributed by atoms with Crippen LogP contribution in [0.4, 0.5) is 0 Å². The normalized spacial score (nSPS) is 19.1. The lowest BCUT2D eigenvalue weighted by atomic mass is 9.94. The monoisotopic (exact) mass is 553 g/mol. The predicted molar refractivity (Wildman–Crippen MR) is 171 cm³/mol. The Morgan fingerprint density at radius 1 is 0.436 bits per heavy atom. The molecule has 39 heavy (non-hydrogen) atoms. The van der Waals surface area contributed by atoms with Gasteiger partial charge in [-0.1, -0.05) is 156 Å². The average Bonchev–Trinajstić information content (AvgIpc) is 3.40. The van der Waals surface area contributed by atoms with E-state index in [4.69, 9.17) is 14.2 Å². The Hall–Kier alpha value is -0.120. The summed E-state index contributed by atoms with van der Waals surface area (Å²) in [4.78, 5) is 0. The van der Waals surface area contributed by atoms with Crippen molar-refractivity contribution in [1.29, 1.82) is 0 Å². The van der Waals surface area contributed by atoms with Gasteiger partial charge in [-0.2, -0.15) is 0 Å². The zero-order chi connectivity index (χ0) is 28.2. The first-order chi connectivity index (χ1) is 19.2. The minimum absolute atomic E-state index is 0.127. The Balaban J connectivity index is 2.45. The maximum absolute atomic E-state index is 6.56. The highest BCUT2D eigenvalue weighted by atomic mass is 16.6. The van der Waals surface area contributed by atoms with E-state index in [0.29, 0.717) is 25.0 Å². The topological polar surface area (TPSA) is 27.7 Å². The van der Waals surface area contributed by atoms with Crippen LogP contribution in [0.3, 0.4) is 0 Å². The molecular formula is C36H72O3. The van der Waals surface area contributed by atoms with E-state index in [9.17, 15) is 0 Å². The number of hydrogen-bond donors (Lipinski definition) is 0. The highest BCUT2D eigenvalue weighted by molar-refractivity contribution is 4.78. The zero-order valence-corrected chi connectivity index (χ0v) is 27.3. The van der Waals surface area contributed by atoms with Crippen LogP contribution >= 0.6 is 0 Å². The third-order valence-corrected chi connectivity index (χ3v) is 8.93. The molecule has 1 fully saturated rings. The third-order valence-electron chi connectivity index (χ3n) is 8.93. The van der Waals surface area contributed by atoms with Crippen LogP contribution in [-0.4, -0.2) is 38.6 Å². The van der Waals surface area contributed by atoms with Crippen molar-refractivity contribution in [2.45, 2.75) is 194 Å². The molecule has 0 spiro atoms. The molecule has 0 N–H and O–H groups in total. The molecule has 0 radical (unpaired) electrons. The zero-order valence-electron chi connectivity index (χ0n) is 27.3. The van der Waals surface area contributed by atoms with Crippen LogP contribution < -0.4 is 0 Å². The predicted octanol–water partition coefficient (Wildman–Crippen LogP) is 11.5. The van der Waals surface area contributed by atoms with Crippen molar-refractivity contribution in [3.63, 3.8) is 0 Å². The molecule has 0 saturated carbocycles. The number of unbranched alkanes of at least 4 members (excludes halogenated alkanes) is 16. The first kappa shape index (κ1) is 36.9. The van der Waals surface area contributed by atoms with Gasteiger partial charge in [-0.3, -0.25) is 0 Å². The molecule has 0 aromatic heterocycles. The van der Waals surface area contributed by atoms with Crippen molar-refractivity contribution in [2.24, 2.45) is 11.8 Å². The molecule has 3 nitrogen and oxygen atoms in total. The van der Waals surface area contributed by atoms with E-state index >= 15 is 0 Å². The van der Waals surface area contributed by atoms with E-state index in [1.54, 1.807) is 0 Å². The van der Waals surface area contributed by atoms with Gasteiger partial charge in [-0.25, -0.2) is 0 Å². The van der Waals surface area contributed by atoms with Gasteiger partial charge >= 0.3 is 0 Å². The van der Waals surface area contributed by atoms with Gasteiger partial charge in [0.05, 0.1) is 26.4 Å². The van der Waals surface area contributed by atoms with Gasteiger partial charge in [0.1, 0.15) is 12.2 Å². The summed E-state index contributed by atoms with van der Waals surface area (Å²) in [7, 11) is 0. The van der Waals surface area contributed by atoms with E-state index in [1.807, 2.05) is 0 Å². The van der Waals surface area contributed by atoms with Crippen LogP contribution in [0.5, 0.6) is 0 Å². The smallest absolute Gasteiger partial charge is 0.109 e. The molecule has 1 saturated heterocycles. The summed E-state index contributed by atoms with van der Waals surface area (Å²) in [6, 6.07) is 0. The van der Waals surface area contributed by atoms with Gasteiger partial charge in [-0.05, 0) is 37.5 Å². The van der Waals surface area contributed by atoms with Crippen molar-refractivity contribution in [1.82, 2.24) is 0 Å². The molecule has 0 bridgehead atoms. The molecule has 1 aliphatic heterocycles. The van der Waals surface area contributed by atoms with Crippen molar-refractivity contribution in [3.05, 3.63) is 0 Å². The lowest BCUT2D eigenvalue weighted by Crippen LogP contribution is -2.33. The quantitative estimate of drug-likeness (QED) is 0.0829. The van der Waals surface area contributed by atoms with E-state index in [-0.39, 0.29) is 12.2 Å². The van der Waals surface area contributed by atoms with Gasteiger partial charge in [0.2, 0.25) is 0 Å². The molecule has 0 aromatic rings. The van der Waals surface area contributed by atoms with Crippen LogP contribution in [0.1, 0.15) is 182 Å². The van der Waals surface area contributed by atoms with E-state index < -0.39 is 0 Å². The lowest BCUT2D eigenvalue weighted by molar-refractivity contribution is -0.0667. The maximum atomic E-state index is 6.56. The highest BCUT2D eigenvalue weighted by Crippen LogP contribution is 2.24. The number of hydrogen-bond acceptors (Lipinski definition) is 3. The minimum atomic E-state index is 0.127. The fourth-order valence-corrected chi connectivity index (χ4v) is 6.11. The van der Waals surface area contributed by atoms with Gasteiger partial charge in [0.25, 0.3) is 0 Å². The molecule has 0 aliphatic carbocycles. The summed E-state index contributed by atoms with van der Waals surface area (Å²) in [5, 5.41) is 0. The Bertz CT molecular complexity index is 440. The van der Waals surface area contributed by atoms with Gasteiger partial charge in [-0.15, -0.1) is 0 Å². The van der Waals surface area contributed by atoms with Crippen molar-refractivity contribution in [2.75, 3.05) is 26.4 Å². The second-order valence-electron chi connectivity index (χ2n) is 12.8. The first-order valence-electron chi connectivity index (χ1n) is 18.1. The minimum Gasteiger partial charge on any atom is -0.376 e. The molecule has 1 aliphatic rings. The van der Waals surface area contributed by atoms with Gasteiger partial charge in [0.15, 0.2) is 0 Å². The van der Waals surface area contributed by atoms with Crippen LogP contribution in [0, 0.1) is 11.8 Å². The molecule has 234 valence electrons. The fourth-order valence-electron chi connectivity index (χ4n) is 6.11. The maximum Gasteiger partial charge on any atom is 0.109 e. The largest absolute Gasteiger partial charge is 0.376 e. The summed E-state index contributed by atoms with van der Waals surface area (Å²) in [5.41, 5.74) is 0. The Labute approximate surface area is 246 Å². The number of rotatable bonds is 30. The van der Waals surface area contributed by atoms with Crippen LogP contribution in [0.15, 0.2) is 0 Å². The standard InChI is InChI=1S/C36H72O3/c1-5-9-13-17-19-23-27-33(25-21-15-11-7-3)29-38-35-31-37-32-36(35)39-30-34(26-22-16-12-8-4)28-24-20-18-14-10-6-2/h33-36H,5-32H2,1-4H3/t33-,34?,35-,36+/m1/s1. The molecule has 1 unspecified atom stereocenters. The molecule has 1 heterocycles. The Morgan fingerprint density at radius 2 is 0.718 bits per heavy atom. The summed E-state index contributed by atoms with van der Waals surface area (Å²) in [6.07, 6.45) is 33.0. The van der Waals surface area contributed by atoms with Gasteiger partial charge < -0.3 is 14.2 Å². The lowest BCUT2D eigenvalue weighted by Gasteiger charge is -2.25. The summed E-state index contributed by atoms with van der Waals surface area (Å²) in [6.45, 7) is 12.4. The average molecular weight is 553 g/mol. The second kappa shape index (κ2) is 28.0. The second-order valence-corrected chi connectivity index (χ2v) is 12.8. The Morgan fingerprint density at radius 3 is 1.05 bits per heavy atom. The van der Waals surface area contributed by atoms with Crippen LogP contribution in [-0.2, 0) is 14.2 Å². The summed E-state index contributed by atoms with van der Waals surface area (Å²) >= 11 is 0. The summed E-state index contributed by atoms with van der Waals surface area (Å²) < 4.78 is 19.0. The van der Waals surface area contributed by atoms with Crippen LogP contribution in [0.25, 0.3) is 0 Å².